The van der Waals surface area contributed by atoms with Gasteiger partial charge in [0.05, 0.1) is 17.8 Å². The fourth-order valence-corrected chi connectivity index (χ4v) is 4.54. The first-order valence-electron chi connectivity index (χ1n) is 10.6. The van der Waals surface area contributed by atoms with E-state index in [9.17, 15) is 9.18 Å². The van der Waals surface area contributed by atoms with Crippen LogP contribution in [0.15, 0.2) is 42.6 Å². The lowest BCUT2D eigenvalue weighted by atomic mass is 9.83. The predicted octanol–water partition coefficient (Wildman–Crippen LogP) is 4.58. The third-order valence-electron chi connectivity index (χ3n) is 6.12. The molecule has 0 unspecified atom stereocenters. The van der Waals surface area contributed by atoms with Crippen LogP contribution in [0.1, 0.15) is 56.7 Å². The zero-order valence-electron chi connectivity index (χ0n) is 16.6. The molecule has 1 aliphatic carbocycles. The molecule has 0 spiro atoms. The number of aromatic nitrogens is 1. The van der Waals surface area contributed by atoms with E-state index in [1.54, 1.807) is 24.4 Å². The summed E-state index contributed by atoms with van der Waals surface area (Å²) in [5.74, 6) is 1.21. The number of hydrogen-bond acceptors (Lipinski definition) is 4. The minimum Gasteiger partial charge on any atom is -0.457 e. The first-order chi connectivity index (χ1) is 14.1. The van der Waals surface area contributed by atoms with Crippen LogP contribution in [0.5, 0.6) is 11.5 Å². The zero-order chi connectivity index (χ0) is 20.2. The molecule has 6 heteroatoms. The van der Waals surface area contributed by atoms with Crippen molar-refractivity contribution in [1.82, 2.24) is 9.88 Å². The number of hydrogen-bond donors (Lipinski definition) is 1. The van der Waals surface area contributed by atoms with E-state index in [2.05, 4.69) is 4.98 Å². The van der Waals surface area contributed by atoms with Gasteiger partial charge in [-0.3, -0.25) is 9.78 Å². The molecule has 2 aliphatic rings. The molecule has 2 atom stereocenters. The number of carbonyl (C=O) groups excluding carboxylic acids is 1. The largest absolute Gasteiger partial charge is 0.457 e. The summed E-state index contributed by atoms with van der Waals surface area (Å²) in [6.07, 6.45) is 9.17. The summed E-state index contributed by atoms with van der Waals surface area (Å²) in [5, 5.41) is 0. The standard InChI is InChI=1S/C23H28FN3O2/c24-17-8-10-18(11-9-17)29-19-12-13-26-20(15-19)21-7-4-14-27(21)23(28)22(25)16-5-2-1-3-6-16/h8-13,15-16,21-22H,1-7,14,25H2/t21-,22-/m0/s1. The Morgan fingerprint density at radius 1 is 1.07 bits per heavy atom. The summed E-state index contributed by atoms with van der Waals surface area (Å²) in [4.78, 5) is 19.6. The molecular formula is C23H28FN3O2. The van der Waals surface area contributed by atoms with Gasteiger partial charge < -0.3 is 15.4 Å². The number of rotatable bonds is 5. The topological polar surface area (TPSA) is 68.5 Å². The lowest BCUT2D eigenvalue weighted by Gasteiger charge is -2.32. The molecule has 5 nitrogen and oxygen atoms in total. The van der Waals surface area contributed by atoms with Crippen molar-refractivity contribution in [2.75, 3.05) is 6.54 Å². The second-order valence-electron chi connectivity index (χ2n) is 8.09. The van der Waals surface area contributed by atoms with E-state index in [1.807, 2.05) is 11.0 Å². The molecule has 1 amide bonds. The summed E-state index contributed by atoms with van der Waals surface area (Å²) in [5.41, 5.74) is 7.20. The maximum atomic E-state index is 13.1. The van der Waals surface area contributed by atoms with Crippen molar-refractivity contribution in [2.24, 2.45) is 11.7 Å². The minimum atomic E-state index is -0.422. The smallest absolute Gasteiger partial charge is 0.240 e. The molecule has 2 aromatic rings. The maximum Gasteiger partial charge on any atom is 0.240 e. The lowest BCUT2D eigenvalue weighted by Crippen LogP contribution is -2.48. The first-order valence-corrected chi connectivity index (χ1v) is 10.6. The van der Waals surface area contributed by atoms with E-state index < -0.39 is 6.04 Å². The van der Waals surface area contributed by atoms with Gasteiger partial charge in [-0.05, 0) is 61.9 Å². The van der Waals surface area contributed by atoms with Crippen LogP contribution in [-0.4, -0.2) is 28.4 Å². The molecule has 2 fully saturated rings. The molecule has 2 heterocycles. The highest BCUT2D eigenvalue weighted by atomic mass is 19.1. The van der Waals surface area contributed by atoms with Crippen molar-refractivity contribution in [2.45, 2.75) is 57.0 Å². The van der Waals surface area contributed by atoms with E-state index in [-0.39, 0.29) is 17.8 Å². The van der Waals surface area contributed by atoms with Gasteiger partial charge in [0.1, 0.15) is 17.3 Å². The zero-order valence-corrected chi connectivity index (χ0v) is 16.6. The number of amides is 1. The number of nitrogens with two attached hydrogens (primary N) is 1. The summed E-state index contributed by atoms with van der Waals surface area (Å²) in [6.45, 7) is 0.717. The number of carbonyl (C=O) groups is 1. The molecule has 0 radical (unpaired) electrons. The van der Waals surface area contributed by atoms with Crippen LogP contribution in [0.25, 0.3) is 0 Å². The monoisotopic (exact) mass is 397 g/mol. The van der Waals surface area contributed by atoms with E-state index in [0.717, 1.165) is 31.4 Å². The molecule has 2 N–H and O–H groups in total. The number of nitrogens with zero attached hydrogens (tertiary/aromatic N) is 2. The van der Waals surface area contributed by atoms with Crippen molar-refractivity contribution >= 4 is 5.91 Å². The Morgan fingerprint density at radius 3 is 2.59 bits per heavy atom. The Hall–Kier alpha value is -2.47. The van der Waals surface area contributed by atoms with E-state index >= 15 is 0 Å². The van der Waals surface area contributed by atoms with Crippen molar-refractivity contribution in [1.29, 1.82) is 0 Å². The van der Waals surface area contributed by atoms with Gasteiger partial charge in [0.2, 0.25) is 5.91 Å². The Labute approximate surface area is 171 Å². The normalized spacial score (nSPS) is 21.2. The van der Waals surface area contributed by atoms with Gasteiger partial charge in [-0.1, -0.05) is 19.3 Å². The van der Waals surface area contributed by atoms with Crippen LogP contribution in [0.2, 0.25) is 0 Å². The summed E-state index contributed by atoms with van der Waals surface area (Å²) < 4.78 is 18.9. The molecule has 29 heavy (non-hydrogen) atoms. The van der Waals surface area contributed by atoms with Gasteiger partial charge in [-0.25, -0.2) is 4.39 Å². The number of likely N-dealkylation sites (tertiary alicyclic amines) is 1. The molecular weight excluding hydrogens is 369 g/mol. The maximum absolute atomic E-state index is 13.1. The highest BCUT2D eigenvalue weighted by Crippen LogP contribution is 2.35. The molecule has 1 aromatic carbocycles. The second-order valence-corrected chi connectivity index (χ2v) is 8.09. The Balaban J connectivity index is 1.48. The molecule has 1 saturated carbocycles. The first kappa shape index (κ1) is 19.8. The van der Waals surface area contributed by atoms with Crippen LogP contribution in [0, 0.1) is 11.7 Å². The third kappa shape index (κ3) is 4.58. The summed E-state index contributed by atoms with van der Waals surface area (Å²) in [6, 6.07) is 9.04. The van der Waals surface area contributed by atoms with Crippen LogP contribution in [0.3, 0.4) is 0 Å². The van der Waals surface area contributed by atoms with Crippen molar-refractivity contribution < 1.29 is 13.9 Å². The second kappa shape index (κ2) is 8.91. The molecule has 1 saturated heterocycles. The Kier molecular flexibility index (Phi) is 6.09. The van der Waals surface area contributed by atoms with Crippen LogP contribution < -0.4 is 10.5 Å². The fourth-order valence-electron chi connectivity index (χ4n) is 4.54. The van der Waals surface area contributed by atoms with E-state index in [1.165, 1.54) is 31.4 Å². The van der Waals surface area contributed by atoms with E-state index in [0.29, 0.717) is 24.0 Å². The number of pyridine rings is 1. The Morgan fingerprint density at radius 2 is 1.83 bits per heavy atom. The predicted molar refractivity (Wildman–Crippen MR) is 109 cm³/mol. The number of halogens is 1. The Bertz CT molecular complexity index is 836. The van der Waals surface area contributed by atoms with Gasteiger partial charge in [0.25, 0.3) is 0 Å². The summed E-state index contributed by atoms with van der Waals surface area (Å²) >= 11 is 0. The highest BCUT2D eigenvalue weighted by molar-refractivity contribution is 5.82. The molecule has 4 rings (SSSR count). The lowest BCUT2D eigenvalue weighted by molar-refractivity contribution is -0.135. The molecule has 1 aliphatic heterocycles. The highest BCUT2D eigenvalue weighted by Gasteiger charge is 2.36. The van der Waals surface area contributed by atoms with Crippen LogP contribution in [0.4, 0.5) is 4.39 Å². The third-order valence-corrected chi connectivity index (χ3v) is 6.12. The average Bonchev–Trinajstić information content (AvgIpc) is 3.25. The van der Waals surface area contributed by atoms with Gasteiger partial charge in [-0.15, -0.1) is 0 Å². The molecule has 1 aromatic heterocycles. The fraction of sp³-hybridized carbons (Fsp3) is 0.478. The van der Waals surface area contributed by atoms with Gasteiger partial charge >= 0.3 is 0 Å². The van der Waals surface area contributed by atoms with Gasteiger partial charge in [-0.2, -0.15) is 0 Å². The van der Waals surface area contributed by atoms with Crippen molar-refractivity contribution in [3.05, 3.63) is 54.1 Å². The van der Waals surface area contributed by atoms with Crippen LogP contribution >= 0.6 is 0 Å². The van der Waals surface area contributed by atoms with Gasteiger partial charge in [0, 0.05) is 18.8 Å². The van der Waals surface area contributed by atoms with Crippen molar-refractivity contribution in [3.8, 4) is 11.5 Å². The van der Waals surface area contributed by atoms with Crippen LogP contribution in [-0.2, 0) is 4.79 Å². The number of ether oxygens (including phenoxy) is 1. The quantitative estimate of drug-likeness (QED) is 0.802. The minimum absolute atomic E-state index is 0.0473. The SMILES string of the molecule is N[C@H](C(=O)N1CCC[C@H]1c1cc(Oc2ccc(F)cc2)ccn1)C1CCCCC1. The molecule has 154 valence electrons. The van der Waals surface area contributed by atoms with Crippen molar-refractivity contribution in [3.63, 3.8) is 0 Å². The van der Waals surface area contributed by atoms with E-state index in [4.69, 9.17) is 10.5 Å². The average molecular weight is 397 g/mol. The number of benzene rings is 1. The van der Waals surface area contributed by atoms with Gasteiger partial charge in [0.15, 0.2) is 0 Å². The summed E-state index contributed by atoms with van der Waals surface area (Å²) in [7, 11) is 0. The molecule has 0 bridgehead atoms.